The first-order chi connectivity index (χ1) is 28.0. The van der Waals surface area contributed by atoms with Crippen LogP contribution in [-0.2, 0) is 39.4 Å². The molecular weight excluding hydrogens is 881 g/mol. The first-order valence-corrected chi connectivity index (χ1v) is 19.2. The van der Waals surface area contributed by atoms with Crippen LogP contribution in [0.5, 0.6) is 11.5 Å². The average Bonchev–Trinajstić information content (AvgIpc) is 3.17. The Morgan fingerprint density at radius 2 is 0.918 bits per heavy atom. The van der Waals surface area contributed by atoms with Gasteiger partial charge in [0.2, 0.25) is 12.1 Å². The van der Waals surface area contributed by atoms with Crippen LogP contribution in [0.4, 0.5) is 34.1 Å². The Labute approximate surface area is 375 Å². The third-order valence-corrected chi connectivity index (χ3v) is 9.13. The van der Waals surface area contributed by atoms with Crippen LogP contribution < -0.4 is 20.1 Å². The zero-order valence-electron chi connectivity index (χ0n) is 32.1. The van der Waals surface area contributed by atoms with Crippen molar-refractivity contribution in [1.82, 2.24) is 0 Å². The number of benzene rings is 4. The van der Waals surface area contributed by atoms with Crippen molar-refractivity contribution in [3.63, 3.8) is 0 Å². The molecule has 0 spiro atoms. The zero-order chi connectivity index (χ0) is 44.9. The molecule has 0 fully saturated rings. The minimum atomic E-state index is -4.68. The van der Waals surface area contributed by atoms with Crippen LogP contribution in [0.3, 0.4) is 0 Å². The molecule has 24 nitrogen and oxygen atoms in total. The Morgan fingerprint density at radius 3 is 1.16 bits per heavy atom. The average molecular weight is 913 g/mol. The predicted molar refractivity (Wildman–Crippen MR) is 213 cm³/mol. The van der Waals surface area contributed by atoms with Gasteiger partial charge in [-0.1, -0.05) is 0 Å². The van der Waals surface area contributed by atoms with E-state index in [1.165, 1.54) is 38.5 Å². The number of rotatable bonds is 16. The standard InChI is InChI=1S/2C17H16N4O8S.Ca/c2*1-10(22)16(17(23)18-11-3-5-12(29-2)6-4-11)20-19-14-8-7-13(30(26,27)28)9-15(14)21(24)25;/h2*3-9,16H,1-2H3,(H,18,23)(H,26,27,28);. The number of nitro benzene ring substituents is 2. The fourth-order valence-corrected chi connectivity index (χ4v) is 5.44. The fourth-order valence-electron chi connectivity index (χ4n) is 4.44. The Morgan fingerprint density at radius 1 is 0.607 bits per heavy atom. The van der Waals surface area contributed by atoms with Gasteiger partial charge in [0.1, 0.15) is 21.3 Å². The van der Waals surface area contributed by atoms with Gasteiger partial charge in [-0.15, -0.1) is 10.2 Å². The second-order valence-corrected chi connectivity index (χ2v) is 14.5. The summed E-state index contributed by atoms with van der Waals surface area (Å²) in [6, 6.07) is 14.0. The summed E-state index contributed by atoms with van der Waals surface area (Å²) in [5, 5.41) is 41.6. The van der Waals surface area contributed by atoms with Crippen LogP contribution in [0, 0.1) is 20.2 Å². The quantitative estimate of drug-likeness (QED) is 0.0296. The molecule has 0 aliphatic heterocycles. The van der Waals surface area contributed by atoms with Crippen molar-refractivity contribution in [1.29, 1.82) is 0 Å². The van der Waals surface area contributed by atoms with Crippen molar-refractivity contribution in [2.75, 3.05) is 24.9 Å². The monoisotopic (exact) mass is 912 g/mol. The third kappa shape index (κ3) is 15.1. The van der Waals surface area contributed by atoms with E-state index in [4.69, 9.17) is 18.6 Å². The number of carbonyl (C=O) groups is 4. The molecule has 0 heterocycles. The molecule has 4 aromatic rings. The van der Waals surface area contributed by atoms with Gasteiger partial charge in [-0.2, -0.15) is 27.1 Å². The topological polar surface area (TPSA) is 355 Å². The van der Waals surface area contributed by atoms with E-state index < -0.39 is 98.1 Å². The number of nitrogens with zero attached hydrogens (tertiary/aromatic N) is 6. The smallest absolute Gasteiger partial charge is 0.298 e. The second kappa shape index (κ2) is 22.4. The van der Waals surface area contributed by atoms with Crippen molar-refractivity contribution in [2.24, 2.45) is 20.5 Å². The van der Waals surface area contributed by atoms with Crippen LogP contribution in [0.2, 0.25) is 0 Å². The molecule has 2 atom stereocenters. The summed E-state index contributed by atoms with van der Waals surface area (Å²) in [6.45, 7) is 2.18. The molecule has 0 aromatic heterocycles. The minimum absolute atomic E-state index is 0. The number of carbonyl (C=O) groups excluding carboxylic acids is 4. The molecule has 27 heteroatoms. The molecule has 0 saturated carbocycles. The van der Waals surface area contributed by atoms with Gasteiger partial charge in [-0.25, -0.2) is 0 Å². The van der Waals surface area contributed by atoms with Crippen molar-refractivity contribution >= 4 is 115 Å². The molecule has 318 valence electrons. The molecule has 61 heavy (non-hydrogen) atoms. The number of nitrogens with one attached hydrogen (secondary N) is 2. The molecule has 4 aromatic carbocycles. The van der Waals surface area contributed by atoms with Crippen LogP contribution in [0.1, 0.15) is 13.8 Å². The normalized spacial score (nSPS) is 12.2. The summed E-state index contributed by atoms with van der Waals surface area (Å²) < 4.78 is 72.6. The van der Waals surface area contributed by atoms with Crippen molar-refractivity contribution in [2.45, 2.75) is 35.7 Å². The summed E-state index contributed by atoms with van der Waals surface area (Å²) in [6.07, 6.45) is 0. The third-order valence-electron chi connectivity index (χ3n) is 7.43. The number of ether oxygens (including phenoxy) is 2. The van der Waals surface area contributed by atoms with E-state index in [9.17, 15) is 56.2 Å². The summed E-state index contributed by atoms with van der Waals surface area (Å²) in [5.74, 6) is -1.90. The van der Waals surface area contributed by atoms with Crippen LogP contribution in [-0.4, -0.2) is 123 Å². The Balaban J connectivity index is 0.000000413. The first kappa shape index (κ1) is 51.0. The molecule has 2 amide bonds. The van der Waals surface area contributed by atoms with Gasteiger partial charge in [-0.05, 0) is 86.6 Å². The van der Waals surface area contributed by atoms with Gasteiger partial charge in [0.15, 0.2) is 22.9 Å². The van der Waals surface area contributed by atoms with E-state index in [-0.39, 0.29) is 37.7 Å². The molecule has 0 aliphatic rings. The number of Topliss-reactive ketones (excluding diaryl/α,β-unsaturated/α-hetero) is 2. The van der Waals surface area contributed by atoms with Gasteiger partial charge >= 0.3 is 0 Å². The number of hydrogen-bond donors (Lipinski definition) is 4. The van der Waals surface area contributed by atoms with Crippen molar-refractivity contribution in [3.8, 4) is 11.5 Å². The van der Waals surface area contributed by atoms with Crippen molar-refractivity contribution in [3.05, 3.63) is 105 Å². The number of azo groups is 2. The number of hydrogen-bond acceptors (Lipinski definition) is 18. The van der Waals surface area contributed by atoms with Gasteiger partial charge in [0.05, 0.1) is 24.1 Å². The molecule has 4 N–H and O–H groups in total. The largest absolute Gasteiger partial charge is 0.497 e. The SMILES string of the molecule is COc1ccc(NC(=O)C(N=Nc2ccc(S(=O)(=O)O)cc2[N+](=O)[O-])C(C)=O)cc1.COc1ccc(NC(=O)C(N=Nc2ccc(S(=O)(=O)O)cc2[N+](=O)[O-])C(C)=O)cc1.[Ca]. The predicted octanol–water partition coefficient (Wildman–Crippen LogP) is 4.68. The van der Waals surface area contributed by atoms with Gasteiger partial charge in [-0.3, -0.25) is 48.5 Å². The summed E-state index contributed by atoms with van der Waals surface area (Å²) >= 11 is 0. The van der Waals surface area contributed by atoms with E-state index in [2.05, 4.69) is 31.1 Å². The number of methoxy groups -OCH3 is 2. The molecule has 4 rings (SSSR count). The summed E-state index contributed by atoms with van der Waals surface area (Å²) in [7, 11) is -6.41. The maximum Gasteiger partial charge on any atom is 0.298 e. The van der Waals surface area contributed by atoms with E-state index in [0.29, 0.717) is 35.0 Å². The Kier molecular flexibility index (Phi) is 18.8. The van der Waals surface area contributed by atoms with E-state index >= 15 is 0 Å². The maximum absolute atomic E-state index is 12.4. The summed E-state index contributed by atoms with van der Waals surface area (Å²) in [5.41, 5.74) is -1.68. The molecule has 2 radical (unpaired) electrons. The summed E-state index contributed by atoms with van der Waals surface area (Å²) in [4.78, 5) is 67.4. The van der Waals surface area contributed by atoms with Crippen molar-refractivity contribution < 1.29 is 64.4 Å². The van der Waals surface area contributed by atoms with E-state index in [1.54, 1.807) is 24.3 Å². The number of amides is 2. The molecule has 2 unspecified atom stereocenters. The molecular formula is C34H32CaN8O16S2. The Bertz CT molecular complexity index is 2410. The van der Waals surface area contributed by atoms with Gasteiger partial charge in [0, 0.05) is 61.2 Å². The van der Waals surface area contributed by atoms with Gasteiger partial charge in [0.25, 0.3) is 43.4 Å². The number of ketones is 2. The fraction of sp³-hybridized carbons (Fsp3) is 0.176. The number of nitro groups is 2. The van der Waals surface area contributed by atoms with Crippen LogP contribution >= 0.6 is 0 Å². The van der Waals surface area contributed by atoms with E-state index in [0.717, 1.165) is 38.1 Å². The second-order valence-electron chi connectivity index (χ2n) is 11.7. The molecule has 0 aliphatic carbocycles. The Hall–Kier alpha value is -6.16. The van der Waals surface area contributed by atoms with Crippen LogP contribution in [0.15, 0.2) is 115 Å². The minimum Gasteiger partial charge on any atom is -0.497 e. The first-order valence-electron chi connectivity index (χ1n) is 16.3. The van der Waals surface area contributed by atoms with E-state index in [1.807, 2.05) is 0 Å². The zero-order valence-corrected chi connectivity index (χ0v) is 35.9. The van der Waals surface area contributed by atoms with Gasteiger partial charge < -0.3 is 20.1 Å². The number of anilines is 2. The molecule has 0 saturated heterocycles. The van der Waals surface area contributed by atoms with Crippen LogP contribution in [0.25, 0.3) is 0 Å². The maximum atomic E-state index is 12.4. The molecule has 0 bridgehead atoms.